The number of fused-ring (bicyclic) bond motifs is 3. The quantitative estimate of drug-likeness (QED) is 0.656. The number of nitrogens with one attached hydrogen (secondary N) is 2. The molecule has 1 unspecified atom stereocenters. The molecule has 14 heavy (non-hydrogen) atoms. The lowest BCUT2D eigenvalue weighted by Gasteiger charge is -2.45. The highest BCUT2D eigenvalue weighted by Gasteiger charge is 2.34. The Hall–Kier alpha value is -0.350. The lowest BCUT2D eigenvalue weighted by Crippen LogP contribution is -2.58. The Labute approximate surface area is 91.2 Å². The molecule has 3 aliphatic heterocycles. The van der Waals surface area contributed by atoms with Crippen LogP contribution in [0.3, 0.4) is 0 Å². The Morgan fingerprint density at radius 1 is 1.43 bits per heavy atom. The normalized spacial score (nSPS) is 35.4. The SMILES string of the molecule is CCNC(=S)NC1CN2CCC1CC2. The van der Waals surface area contributed by atoms with Gasteiger partial charge in [-0.1, -0.05) is 0 Å². The predicted molar refractivity (Wildman–Crippen MR) is 62.4 cm³/mol. The summed E-state index contributed by atoms with van der Waals surface area (Å²) >= 11 is 5.21. The van der Waals surface area contributed by atoms with Gasteiger partial charge in [-0.2, -0.15) is 0 Å². The molecule has 0 amide bonds. The summed E-state index contributed by atoms with van der Waals surface area (Å²) in [7, 11) is 0. The maximum atomic E-state index is 5.21. The number of nitrogens with zero attached hydrogens (tertiary/aromatic N) is 1. The van der Waals surface area contributed by atoms with Gasteiger partial charge in [0.15, 0.2) is 5.11 Å². The Kier molecular flexibility index (Phi) is 3.23. The van der Waals surface area contributed by atoms with Crippen molar-refractivity contribution in [3.8, 4) is 0 Å². The van der Waals surface area contributed by atoms with Gasteiger partial charge in [0.1, 0.15) is 0 Å². The molecule has 3 rings (SSSR count). The van der Waals surface area contributed by atoms with Crippen LogP contribution >= 0.6 is 12.2 Å². The first-order valence-electron chi connectivity index (χ1n) is 5.56. The highest BCUT2D eigenvalue weighted by molar-refractivity contribution is 7.80. The molecule has 1 atom stereocenters. The van der Waals surface area contributed by atoms with E-state index in [4.69, 9.17) is 12.2 Å². The molecule has 3 nitrogen and oxygen atoms in total. The third-order valence-corrected chi connectivity index (χ3v) is 3.57. The zero-order valence-electron chi connectivity index (χ0n) is 8.75. The summed E-state index contributed by atoms with van der Waals surface area (Å²) in [4.78, 5) is 2.53. The van der Waals surface area contributed by atoms with Crippen molar-refractivity contribution in [1.82, 2.24) is 15.5 Å². The van der Waals surface area contributed by atoms with E-state index >= 15 is 0 Å². The molecule has 4 heteroatoms. The zero-order valence-corrected chi connectivity index (χ0v) is 9.57. The molecule has 0 aliphatic carbocycles. The molecule has 0 saturated carbocycles. The van der Waals surface area contributed by atoms with Gasteiger partial charge in [-0.25, -0.2) is 0 Å². The van der Waals surface area contributed by atoms with Crippen molar-refractivity contribution in [2.24, 2.45) is 5.92 Å². The molecule has 0 aromatic heterocycles. The van der Waals surface area contributed by atoms with Gasteiger partial charge in [0.2, 0.25) is 0 Å². The van der Waals surface area contributed by atoms with E-state index in [9.17, 15) is 0 Å². The van der Waals surface area contributed by atoms with Crippen molar-refractivity contribution in [3.05, 3.63) is 0 Å². The average Bonchev–Trinajstić information content (AvgIpc) is 2.19. The second-order valence-corrected chi connectivity index (χ2v) is 4.66. The van der Waals surface area contributed by atoms with E-state index in [1.54, 1.807) is 0 Å². The topological polar surface area (TPSA) is 27.3 Å². The molecule has 0 radical (unpaired) electrons. The first-order chi connectivity index (χ1) is 6.79. The number of piperidine rings is 3. The van der Waals surface area contributed by atoms with Crippen molar-refractivity contribution >= 4 is 17.3 Å². The standard InChI is InChI=1S/C10H19N3S/c1-2-11-10(14)12-9-7-13-5-3-8(9)4-6-13/h8-9H,2-7H2,1H3,(H2,11,12,14). The van der Waals surface area contributed by atoms with Crippen molar-refractivity contribution in [2.75, 3.05) is 26.2 Å². The second kappa shape index (κ2) is 4.45. The summed E-state index contributed by atoms with van der Waals surface area (Å²) in [5, 5.41) is 7.41. The van der Waals surface area contributed by atoms with Crippen LogP contribution in [0.1, 0.15) is 19.8 Å². The molecule has 3 heterocycles. The van der Waals surface area contributed by atoms with Gasteiger partial charge in [-0.05, 0) is 51.0 Å². The van der Waals surface area contributed by atoms with Crippen molar-refractivity contribution in [3.63, 3.8) is 0 Å². The Morgan fingerprint density at radius 3 is 2.64 bits per heavy atom. The van der Waals surface area contributed by atoms with Gasteiger partial charge < -0.3 is 15.5 Å². The zero-order chi connectivity index (χ0) is 9.97. The molecule has 80 valence electrons. The molecule has 3 aliphatic rings. The molecule has 3 saturated heterocycles. The Balaban J connectivity index is 1.83. The minimum absolute atomic E-state index is 0.587. The molecule has 2 N–H and O–H groups in total. The highest BCUT2D eigenvalue weighted by atomic mass is 32.1. The van der Waals surface area contributed by atoms with E-state index in [0.717, 1.165) is 17.6 Å². The first kappa shape index (κ1) is 10.2. The molecule has 2 bridgehead atoms. The lowest BCUT2D eigenvalue weighted by molar-refractivity contribution is 0.0812. The van der Waals surface area contributed by atoms with Crippen LogP contribution in [0.5, 0.6) is 0 Å². The molecule has 3 fully saturated rings. The third kappa shape index (κ3) is 2.17. The predicted octanol–water partition coefficient (Wildman–Crippen LogP) is 0.565. The van der Waals surface area contributed by atoms with E-state index in [1.807, 2.05) is 0 Å². The largest absolute Gasteiger partial charge is 0.363 e. The summed E-state index contributed by atoms with van der Waals surface area (Å²) in [6.45, 7) is 6.74. The fourth-order valence-electron chi connectivity index (χ4n) is 2.51. The van der Waals surface area contributed by atoms with Crippen molar-refractivity contribution in [1.29, 1.82) is 0 Å². The van der Waals surface area contributed by atoms with Crippen molar-refractivity contribution < 1.29 is 0 Å². The van der Waals surface area contributed by atoms with E-state index < -0.39 is 0 Å². The number of rotatable bonds is 2. The summed E-state index contributed by atoms with van der Waals surface area (Å²) in [5.41, 5.74) is 0. The van der Waals surface area contributed by atoms with Crippen LogP contribution < -0.4 is 10.6 Å². The molecule has 0 aromatic carbocycles. The molecule has 0 spiro atoms. The second-order valence-electron chi connectivity index (χ2n) is 4.25. The Bertz CT molecular complexity index is 211. The van der Waals surface area contributed by atoms with Gasteiger partial charge >= 0.3 is 0 Å². The van der Waals surface area contributed by atoms with Crippen LogP contribution in [0.2, 0.25) is 0 Å². The van der Waals surface area contributed by atoms with Crippen LogP contribution in [0.25, 0.3) is 0 Å². The van der Waals surface area contributed by atoms with Gasteiger partial charge in [0.25, 0.3) is 0 Å². The van der Waals surface area contributed by atoms with Gasteiger partial charge in [0.05, 0.1) is 0 Å². The van der Waals surface area contributed by atoms with E-state index in [2.05, 4.69) is 22.5 Å². The monoisotopic (exact) mass is 213 g/mol. The maximum Gasteiger partial charge on any atom is 0.166 e. The van der Waals surface area contributed by atoms with Gasteiger partial charge in [-0.15, -0.1) is 0 Å². The summed E-state index contributed by atoms with van der Waals surface area (Å²) in [5.74, 6) is 0.844. The fourth-order valence-corrected chi connectivity index (χ4v) is 2.80. The summed E-state index contributed by atoms with van der Waals surface area (Å²) in [6.07, 6.45) is 2.68. The van der Waals surface area contributed by atoms with E-state index in [-0.39, 0.29) is 0 Å². The number of thiocarbonyl (C=S) groups is 1. The smallest absolute Gasteiger partial charge is 0.166 e. The summed E-state index contributed by atoms with van der Waals surface area (Å²) < 4.78 is 0. The maximum absolute atomic E-state index is 5.21. The fraction of sp³-hybridized carbons (Fsp3) is 0.900. The third-order valence-electron chi connectivity index (χ3n) is 3.31. The minimum Gasteiger partial charge on any atom is -0.363 e. The highest BCUT2D eigenvalue weighted by Crippen LogP contribution is 2.27. The van der Waals surface area contributed by atoms with Crippen LogP contribution in [-0.2, 0) is 0 Å². The van der Waals surface area contributed by atoms with Gasteiger partial charge in [0, 0.05) is 19.1 Å². The average molecular weight is 213 g/mol. The van der Waals surface area contributed by atoms with Crippen LogP contribution in [0, 0.1) is 5.92 Å². The molecular weight excluding hydrogens is 194 g/mol. The van der Waals surface area contributed by atoms with Crippen molar-refractivity contribution in [2.45, 2.75) is 25.8 Å². The minimum atomic E-state index is 0.587. The first-order valence-corrected chi connectivity index (χ1v) is 5.97. The van der Waals surface area contributed by atoms with Gasteiger partial charge in [-0.3, -0.25) is 0 Å². The Morgan fingerprint density at radius 2 is 2.14 bits per heavy atom. The van der Waals surface area contributed by atoms with E-state index in [0.29, 0.717) is 6.04 Å². The molecule has 0 aromatic rings. The number of hydrogen-bond donors (Lipinski definition) is 2. The lowest BCUT2D eigenvalue weighted by atomic mass is 9.84. The number of hydrogen-bond acceptors (Lipinski definition) is 2. The summed E-state index contributed by atoms with van der Waals surface area (Å²) in [6, 6.07) is 0.587. The molecular formula is C10H19N3S. The van der Waals surface area contributed by atoms with Crippen LogP contribution in [-0.4, -0.2) is 42.2 Å². The van der Waals surface area contributed by atoms with E-state index in [1.165, 1.54) is 32.5 Å². The van der Waals surface area contributed by atoms with Crippen LogP contribution in [0.4, 0.5) is 0 Å². The van der Waals surface area contributed by atoms with Crippen LogP contribution in [0.15, 0.2) is 0 Å².